The molecule has 5 heteroatoms. The Morgan fingerprint density at radius 2 is 2.14 bits per heavy atom. The first-order valence-corrected chi connectivity index (χ1v) is 8.57. The van der Waals surface area contributed by atoms with Crippen LogP contribution in [0.15, 0.2) is 18.2 Å². The van der Waals surface area contributed by atoms with Crippen LogP contribution in [0.3, 0.4) is 0 Å². The first-order valence-electron chi connectivity index (χ1n) is 7.66. The highest BCUT2D eigenvalue weighted by Crippen LogP contribution is 2.47. The van der Waals surface area contributed by atoms with Crippen LogP contribution in [0.5, 0.6) is 0 Å². The number of ether oxygens (including phenoxy) is 3. The third kappa shape index (κ3) is 2.59. The van der Waals surface area contributed by atoms with Crippen LogP contribution in [0.1, 0.15) is 47.2 Å². The lowest BCUT2D eigenvalue weighted by Gasteiger charge is -2.44. The third-order valence-corrected chi connectivity index (χ3v) is 5.58. The van der Waals surface area contributed by atoms with Crippen LogP contribution in [0, 0.1) is 0 Å². The van der Waals surface area contributed by atoms with Gasteiger partial charge in [0.05, 0.1) is 19.3 Å². The monoisotopic (exact) mass is 368 g/mol. The van der Waals surface area contributed by atoms with Crippen LogP contribution in [0.25, 0.3) is 0 Å². The molecule has 0 saturated carbocycles. The number of carbonyl (C=O) groups excluding carboxylic acids is 1. The molecular formula is C17H21BrO4. The number of alkyl halides is 1. The maximum atomic E-state index is 12.0. The number of benzene rings is 1. The Morgan fingerprint density at radius 3 is 2.82 bits per heavy atom. The molecule has 0 radical (unpaired) electrons. The molecule has 1 saturated heterocycles. The molecule has 1 unspecified atom stereocenters. The van der Waals surface area contributed by atoms with Gasteiger partial charge in [0.15, 0.2) is 0 Å². The number of rotatable bonds is 2. The van der Waals surface area contributed by atoms with Crippen LogP contribution in [-0.4, -0.2) is 32.9 Å². The molecular weight excluding hydrogens is 348 g/mol. The second kappa shape index (κ2) is 6.30. The molecule has 1 fully saturated rings. The topological polar surface area (TPSA) is 44.8 Å². The van der Waals surface area contributed by atoms with E-state index >= 15 is 0 Å². The van der Waals surface area contributed by atoms with E-state index in [2.05, 4.69) is 28.9 Å². The first-order chi connectivity index (χ1) is 10.6. The van der Waals surface area contributed by atoms with Gasteiger partial charge in [0.1, 0.15) is 4.83 Å². The van der Waals surface area contributed by atoms with Crippen molar-refractivity contribution in [1.82, 2.24) is 0 Å². The number of esters is 1. The fourth-order valence-electron chi connectivity index (χ4n) is 3.54. The molecule has 0 aliphatic carbocycles. The van der Waals surface area contributed by atoms with Gasteiger partial charge in [0, 0.05) is 32.0 Å². The van der Waals surface area contributed by atoms with Crippen LogP contribution in [0.2, 0.25) is 0 Å². The van der Waals surface area contributed by atoms with Crippen molar-refractivity contribution in [1.29, 1.82) is 0 Å². The summed E-state index contributed by atoms with van der Waals surface area (Å²) in [4.78, 5) is 11.5. The van der Waals surface area contributed by atoms with Crippen molar-refractivity contribution in [2.24, 2.45) is 0 Å². The van der Waals surface area contributed by atoms with E-state index in [0.717, 1.165) is 18.4 Å². The number of fused-ring (bicyclic) bond motifs is 2. The van der Waals surface area contributed by atoms with E-state index in [1.807, 2.05) is 12.1 Å². The molecule has 0 N–H and O–H groups in total. The van der Waals surface area contributed by atoms with Gasteiger partial charge in [-0.25, -0.2) is 0 Å². The Balaban J connectivity index is 2.09. The van der Waals surface area contributed by atoms with Gasteiger partial charge in [0.25, 0.3) is 0 Å². The van der Waals surface area contributed by atoms with Crippen molar-refractivity contribution >= 4 is 21.9 Å². The molecule has 0 bridgehead atoms. The summed E-state index contributed by atoms with van der Waals surface area (Å²) < 4.78 is 16.7. The number of hydrogen-bond acceptors (Lipinski definition) is 4. The van der Waals surface area contributed by atoms with E-state index in [-0.39, 0.29) is 17.5 Å². The Hall–Kier alpha value is -0.910. The lowest BCUT2D eigenvalue weighted by Crippen LogP contribution is -2.42. The highest BCUT2D eigenvalue weighted by Gasteiger charge is 2.42. The van der Waals surface area contributed by atoms with Crippen LogP contribution >= 0.6 is 15.9 Å². The Morgan fingerprint density at radius 1 is 1.41 bits per heavy atom. The normalized spacial score (nSPS) is 24.6. The van der Waals surface area contributed by atoms with E-state index in [1.54, 1.807) is 0 Å². The second-order valence-electron chi connectivity index (χ2n) is 6.01. The fourth-order valence-corrected chi connectivity index (χ4v) is 4.13. The summed E-state index contributed by atoms with van der Waals surface area (Å²) >= 11 is 3.49. The number of methoxy groups -OCH3 is 1. The van der Waals surface area contributed by atoms with Gasteiger partial charge in [-0.05, 0) is 16.7 Å². The zero-order valence-electron chi connectivity index (χ0n) is 12.9. The Kier molecular flexibility index (Phi) is 4.57. The van der Waals surface area contributed by atoms with Gasteiger partial charge in [-0.3, -0.25) is 4.79 Å². The molecule has 2 aliphatic heterocycles. The van der Waals surface area contributed by atoms with Gasteiger partial charge < -0.3 is 14.2 Å². The summed E-state index contributed by atoms with van der Waals surface area (Å²) in [7, 11) is 1.42. The molecule has 1 aromatic carbocycles. The minimum Gasteiger partial charge on any atom is -0.468 e. The van der Waals surface area contributed by atoms with E-state index in [0.29, 0.717) is 19.8 Å². The zero-order valence-corrected chi connectivity index (χ0v) is 14.5. The fraction of sp³-hybridized carbons (Fsp3) is 0.588. The Labute approximate surface area is 139 Å². The minimum absolute atomic E-state index is 0.254. The maximum Gasteiger partial charge on any atom is 0.324 e. The van der Waals surface area contributed by atoms with Crippen molar-refractivity contribution < 1.29 is 19.0 Å². The van der Waals surface area contributed by atoms with E-state index < -0.39 is 4.83 Å². The molecule has 22 heavy (non-hydrogen) atoms. The van der Waals surface area contributed by atoms with Crippen molar-refractivity contribution in [2.45, 2.75) is 36.1 Å². The molecule has 3 rings (SSSR count). The van der Waals surface area contributed by atoms with E-state index in [1.165, 1.54) is 18.2 Å². The molecule has 0 aromatic heterocycles. The quantitative estimate of drug-likeness (QED) is 0.592. The van der Waals surface area contributed by atoms with Gasteiger partial charge in [-0.1, -0.05) is 41.1 Å². The van der Waals surface area contributed by atoms with Crippen molar-refractivity contribution in [2.75, 3.05) is 26.9 Å². The molecule has 120 valence electrons. The summed E-state index contributed by atoms with van der Waals surface area (Å²) in [5.41, 5.74) is 3.16. The zero-order chi connectivity index (χ0) is 15.7. The molecule has 4 nitrogen and oxygen atoms in total. The second-order valence-corrected chi connectivity index (χ2v) is 6.93. The summed E-state index contributed by atoms with van der Waals surface area (Å²) in [6.45, 7) is 4.25. The van der Waals surface area contributed by atoms with Crippen molar-refractivity contribution in [3.05, 3.63) is 34.9 Å². The lowest BCUT2D eigenvalue weighted by atomic mass is 9.76. The predicted octanol–water partition coefficient (Wildman–Crippen LogP) is 3.44. The average molecular weight is 369 g/mol. The third-order valence-electron chi connectivity index (χ3n) is 4.71. The summed E-state index contributed by atoms with van der Waals surface area (Å²) in [5, 5.41) is 0. The molecule has 1 spiro atoms. The Bertz CT molecular complexity index is 566. The van der Waals surface area contributed by atoms with Crippen molar-refractivity contribution in [3.63, 3.8) is 0 Å². The first kappa shape index (κ1) is 16.0. The number of halogens is 1. The molecule has 0 amide bonds. The number of hydrogen-bond donors (Lipinski definition) is 0. The van der Waals surface area contributed by atoms with E-state index in [4.69, 9.17) is 14.2 Å². The largest absolute Gasteiger partial charge is 0.468 e. The average Bonchev–Trinajstić information content (AvgIpc) is 2.57. The predicted molar refractivity (Wildman–Crippen MR) is 86.2 cm³/mol. The standard InChI is InChI=1S/C17H21BrO4/c1-11-10-22-17(6-8-21-9-7-17)13-5-3-4-12(14(11)13)15(18)16(19)20-2/h3-5,11,15H,6-10H2,1-2H3/t11-,15?/m0/s1. The lowest BCUT2D eigenvalue weighted by molar-refractivity contribution is -0.140. The van der Waals surface area contributed by atoms with Gasteiger partial charge in [0.2, 0.25) is 0 Å². The summed E-state index contributed by atoms with van der Waals surface area (Å²) in [6, 6.07) is 6.14. The highest BCUT2D eigenvalue weighted by molar-refractivity contribution is 9.09. The van der Waals surface area contributed by atoms with E-state index in [9.17, 15) is 4.79 Å². The van der Waals surface area contributed by atoms with Gasteiger partial charge >= 0.3 is 5.97 Å². The summed E-state index contributed by atoms with van der Waals surface area (Å²) in [5.74, 6) is -0.0162. The molecule has 2 aliphatic rings. The highest BCUT2D eigenvalue weighted by atomic mass is 79.9. The van der Waals surface area contributed by atoms with Crippen molar-refractivity contribution in [3.8, 4) is 0 Å². The minimum atomic E-state index is -0.440. The summed E-state index contributed by atoms with van der Waals surface area (Å²) in [6.07, 6.45) is 1.72. The van der Waals surface area contributed by atoms with Gasteiger partial charge in [-0.2, -0.15) is 0 Å². The van der Waals surface area contributed by atoms with Gasteiger partial charge in [-0.15, -0.1) is 0 Å². The van der Waals surface area contributed by atoms with Crippen LogP contribution in [0.4, 0.5) is 0 Å². The maximum absolute atomic E-state index is 12.0. The molecule has 2 atom stereocenters. The van der Waals surface area contributed by atoms with Crippen LogP contribution < -0.4 is 0 Å². The smallest absolute Gasteiger partial charge is 0.324 e. The van der Waals surface area contributed by atoms with Crippen LogP contribution in [-0.2, 0) is 24.6 Å². The SMILES string of the molecule is COC(=O)C(Br)c1cccc2c1[C@@H](C)COC21CCOCC1. The molecule has 2 heterocycles. The molecule has 1 aromatic rings. The number of carbonyl (C=O) groups is 1.